The number of esters is 1. The van der Waals surface area contributed by atoms with Crippen LogP contribution >= 0.6 is 0 Å². The van der Waals surface area contributed by atoms with Gasteiger partial charge < -0.3 is 10.1 Å². The highest BCUT2D eigenvalue weighted by molar-refractivity contribution is 5.94. The minimum atomic E-state index is -0.267. The number of nitrogens with zero attached hydrogens (tertiary/aromatic N) is 1. The molecule has 1 unspecified atom stereocenters. The summed E-state index contributed by atoms with van der Waals surface area (Å²) in [5.41, 5.74) is 3.21. The lowest BCUT2D eigenvalue weighted by Crippen LogP contribution is -2.35. The Kier molecular flexibility index (Phi) is 8.10. The van der Waals surface area contributed by atoms with Crippen LogP contribution in [0.3, 0.4) is 0 Å². The molecule has 0 bridgehead atoms. The predicted octanol–water partition coefficient (Wildman–Crippen LogP) is 3.61. The van der Waals surface area contributed by atoms with Crippen LogP contribution in [0.4, 0.5) is 5.69 Å². The molecule has 140 valence electrons. The van der Waals surface area contributed by atoms with E-state index in [1.165, 1.54) is 7.11 Å². The van der Waals surface area contributed by atoms with Gasteiger partial charge in [0.25, 0.3) is 0 Å². The quantitative estimate of drug-likeness (QED) is 0.729. The fourth-order valence-corrected chi connectivity index (χ4v) is 2.93. The molecule has 1 atom stereocenters. The number of anilines is 1. The van der Waals surface area contributed by atoms with Crippen molar-refractivity contribution in [2.24, 2.45) is 5.92 Å². The Morgan fingerprint density at radius 3 is 2.04 bits per heavy atom. The molecule has 1 N–H and O–H groups in total. The second-order valence-corrected chi connectivity index (χ2v) is 7.29. The third-order valence-corrected chi connectivity index (χ3v) is 4.24. The summed E-state index contributed by atoms with van der Waals surface area (Å²) in [7, 11) is 3.21. The van der Waals surface area contributed by atoms with Gasteiger partial charge in [0.05, 0.1) is 19.6 Å². The number of carbonyl (C=O) groups excluding carboxylic acids is 2. The first-order chi connectivity index (χ1) is 11.7. The van der Waals surface area contributed by atoms with Gasteiger partial charge in [-0.05, 0) is 30.0 Å². The van der Waals surface area contributed by atoms with E-state index in [4.69, 9.17) is 4.74 Å². The molecule has 0 aromatic heterocycles. The summed E-state index contributed by atoms with van der Waals surface area (Å²) >= 11 is 0. The molecule has 25 heavy (non-hydrogen) atoms. The summed E-state index contributed by atoms with van der Waals surface area (Å²) in [4.78, 5) is 25.9. The second kappa shape index (κ2) is 9.56. The van der Waals surface area contributed by atoms with Crippen molar-refractivity contribution in [3.05, 3.63) is 29.3 Å². The van der Waals surface area contributed by atoms with E-state index in [-0.39, 0.29) is 24.3 Å². The maximum Gasteiger partial charge on any atom is 0.309 e. The maximum absolute atomic E-state index is 12.5. The Hall–Kier alpha value is -1.88. The number of amides is 1. The maximum atomic E-state index is 12.5. The molecule has 1 amide bonds. The van der Waals surface area contributed by atoms with Gasteiger partial charge in [-0.1, -0.05) is 52.8 Å². The summed E-state index contributed by atoms with van der Waals surface area (Å²) in [6.07, 6.45) is 0. The van der Waals surface area contributed by atoms with Crippen molar-refractivity contribution >= 4 is 17.6 Å². The summed E-state index contributed by atoms with van der Waals surface area (Å²) in [5.74, 6) is 0.0446. The molecule has 0 saturated carbocycles. The number of likely N-dealkylation sites (N-methyl/N-ethyl adjacent to an activating group) is 1. The number of benzene rings is 1. The first-order valence-corrected chi connectivity index (χ1v) is 8.86. The van der Waals surface area contributed by atoms with E-state index < -0.39 is 0 Å². The molecule has 0 aliphatic carbocycles. The highest BCUT2D eigenvalue weighted by Gasteiger charge is 2.19. The lowest BCUT2D eigenvalue weighted by atomic mass is 9.92. The molecule has 0 fully saturated rings. The monoisotopic (exact) mass is 348 g/mol. The molecule has 0 saturated heterocycles. The fraction of sp³-hybridized carbons (Fsp3) is 0.600. The van der Waals surface area contributed by atoms with Gasteiger partial charge in [-0.2, -0.15) is 0 Å². The Morgan fingerprint density at radius 2 is 1.60 bits per heavy atom. The van der Waals surface area contributed by atoms with E-state index in [0.717, 1.165) is 16.8 Å². The normalized spacial score (nSPS) is 12.6. The Balaban J connectivity index is 2.84. The molecule has 1 aromatic rings. The topological polar surface area (TPSA) is 58.6 Å². The lowest BCUT2D eigenvalue weighted by molar-refractivity contribution is -0.145. The van der Waals surface area contributed by atoms with Gasteiger partial charge in [0.15, 0.2) is 0 Å². The van der Waals surface area contributed by atoms with Gasteiger partial charge in [-0.25, -0.2) is 0 Å². The zero-order valence-electron chi connectivity index (χ0n) is 16.6. The zero-order chi connectivity index (χ0) is 19.1. The van der Waals surface area contributed by atoms with Gasteiger partial charge in [-0.15, -0.1) is 0 Å². The van der Waals surface area contributed by atoms with Crippen LogP contribution < -0.4 is 5.32 Å². The summed E-state index contributed by atoms with van der Waals surface area (Å²) in [6.45, 7) is 11.0. The van der Waals surface area contributed by atoms with Crippen molar-refractivity contribution < 1.29 is 14.3 Å². The summed E-state index contributed by atoms with van der Waals surface area (Å²) < 4.78 is 4.73. The van der Waals surface area contributed by atoms with E-state index in [0.29, 0.717) is 18.4 Å². The van der Waals surface area contributed by atoms with E-state index in [2.05, 4.69) is 45.1 Å². The second-order valence-electron chi connectivity index (χ2n) is 7.29. The van der Waals surface area contributed by atoms with Gasteiger partial charge in [0, 0.05) is 12.2 Å². The number of para-hydroxylation sites is 1. The molecule has 0 aliphatic rings. The van der Waals surface area contributed by atoms with Gasteiger partial charge in [0.1, 0.15) is 0 Å². The predicted molar refractivity (Wildman–Crippen MR) is 102 cm³/mol. The molecular weight excluding hydrogens is 316 g/mol. The molecule has 0 heterocycles. The largest absolute Gasteiger partial charge is 0.469 e. The van der Waals surface area contributed by atoms with Crippen molar-refractivity contribution in [2.75, 3.05) is 32.6 Å². The van der Waals surface area contributed by atoms with Crippen LogP contribution in [-0.4, -0.2) is 44.0 Å². The van der Waals surface area contributed by atoms with Crippen LogP contribution in [0, 0.1) is 5.92 Å². The number of carbonyl (C=O) groups is 2. The standard InChI is InChI=1S/C20H32N2O3/c1-13(2)16-9-8-10-17(14(3)4)19(16)21-18(23)12-22(6)11-15(5)20(24)25-7/h8-10,13-15H,11-12H2,1-7H3,(H,21,23). The van der Waals surface area contributed by atoms with Crippen LogP contribution in [0.15, 0.2) is 18.2 Å². The molecule has 0 aliphatic heterocycles. The summed E-state index contributed by atoms with van der Waals surface area (Å²) in [6, 6.07) is 6.18. The minimum Gasteiger partial charge on any atom is -0.469 e. The van der Waals surface area contributed by atoms with Gasteiger partial charge >= 0.3 is 5.97 Å². The Labute approximate surface area is 151 Å². The van der Waals surface area contributed by atoms with E-state index in [1.807, 2.05) is 18.0 Å². The lowest BCUT2D eigenvalue weighted by Gasteiger charge is -2.23. The van der Waals surface area contributed by atoms with Crippen molar-refractivity contribution in [3.8, 4) is 0 Å². The number of hydrogen-bond donors (Lipinski definition) is 1. The Morgan fingerprint density at radius 1 is 1.08 bits per heavy atom. The number of hydrogen-bond acceptors (Lipinski definition) is 4. The van der Waals surface area contributed by atoms with Gasteiger partial charge in [0.2, 0.25) is 5.91 Å². The SMILES string of the molecule is COC(=O)C(C)CN(C)CC(=O)Nc1c(C(C)C)cccc1C(C)C. The van der Waals surface area contributed by atoms with Crippen molar-refractivity contribution in [2.45, 2.75) is 46.5 Å². The third kappa shape index (κ3) is 6.16. The molecule has 5 nitrogen and oxygen atoms in total. The number of methoxy groups -OCH3 is 1. The van der Waals surface area contributed by atoms with Crippen LogP contribution in [0.1, 0.15) is 57.6 Å². The average Bonchev–Trinajstić information content (AvgIpc) is 2.53. The van der Waals surface area contributed by atoms with Crippen LogP contribution in [0.25, 0.3) is 0 Å². The highest BCUT2D eigenvalue weighted by Crippen LogP contribution is 2.32. The van der Waals surface area contributed by atoms with Crippen LogP contribution in [0.5, 0.6) is 0 Å². The first kappa shape index (κ1) is 21.2. The van der Waals surface area contributed by atoms with Crippen molar-refractivity contribution in [1.29, 1.82) is 0 Å². The molecule has 1 aromatic carbocycles. The van der Waals surface area contributed by atoms with Gasteiger partial charge in [-0.3, -0.25) is 14.5 Å². The molecule has 0 radical (unpaired) electrons. The average molecular weight is 348 g/mol. The Bertz CT molecular complexity index is 570. The van der Waals surface area contributed by atoms with E-state index in [9.17, 15) is 9.59 Å². The molecule has 1 rings (SSSR count). The molecule has 0 spiro atoms. The number of ether oxygens (including phenoxy) is 1. The smallest absolute Gasteiger partial charge is 0.309 e. The number of rotatable bonds is 8. The molecular formula is C20H32N2O3. The van der Waals surface area contributed by atoms with Crippen molar-refractivity contribution in [1.82, 2.24) is 4.90 Å². The highest BCUT2D eigenvalue weighted by atomic mass is 16.5. The zero-order valence-corrected chi connectivity index (χ0v) is 16.6. The minimum absolute atomic E-state index is 0.0745. The van der Waals surface area contributed by atoms with Crippen LogP contribution in [-0.2, 0) is 14.3 Å². The van der Waals surface area contributed by atoms with Crippen LogP contribution in [0.2, 0.25) is 0 Å². The van der Waals surface area contributed by atoms with Crippen molar-refractivity contribution in [3.63, 3.8) is 0 Å². The third-order valence-electron chi connectivity index (χ3n) is 4.24. The molecule has 5 heteroatoms. The van der Waals surface area contributed by atoms with E-state index in [1.54, 1.807) is 6.92 Å². The number of nitrogens with one attached hydrogen (secondary N) is 1. The fourth-order valence-electron chi connectivity index (χ4n) is 2.93. The van der Waals surface area contributed by atoms with E-state index >= 15 is 0 Å². The summed E-state index contributed by atoms with van der Waals surface area (Å²) in [5, 5.41) is 3.09. The first-order valence-electron chi connectivity index (χ1n) is 8.86.